The molecule has 146 valence electrons. The maximum Gasteiger partial charge on any atom is 0.324 e. The van der Waals surface area contributed by atoms with Gasteiger partial charge in [-0.1, -0.05) is 17.7 Å². The van der Waals surface area contributed by atoms with Crippen molar-refractivity contribution in [3.8, 4) is 5.75 Å². The molecule has 0 spiro atoms. The number of nitrogen functional groups attached to an aromatic ring is 1. The van der Waals surface area contributed by atoms with Crippen molar-refractivity contribution in [1.82, 2.24) is 4.31 Å². The van der Waals surface area contributed by atoms with Crippen LogP contribution in [0.4, 0.5) is 5.69 Å². The van der Waals surface area contributed by atoms with Gasteiger partial charge in [-0.15, -0.1) is 0 Å². The van der Waals surface area contributed by atoms with Crippen molar-refractivity contribution in [3.63, 3.8) is 0 Å². The van der Waals surface area contributed by atoms with Gasteiger partial charge in [-0.2, -0.15) is 4.31 Å². The number of nitrogens with two attached hydrogens (primary N) is 1. The van der Waals surface area contributed by atoms with Crippen LogP contribution in [0, 0.1) is 0 Å². The molecule has 0 saturated heterocycles. The number of aliphatic hydroxyl groups excluding tert-OH is 1. The molecule has 0 amide bonds. The highest BCUT2D eigenvalue weighted by atomic mass is 35.5. The maximum absolute atomic E-state index is 13.1. The van der Waals surface area contributed by atoms with E-state index in [9.17, 15) is 23.4 Å². The Balaban J connectivity index is 2.51. The number of hydrogen-bond acceptors (Lipinski definition) is 6. The predicted octanol–water partition coefficient (Wildman–Crippen LogP) is 1.57. The summed E-state index contributed by atoms with van der Waals surface area (Å²) in [5.41, 5.74) is 6.44. The first kappa shape index (κ1) is 21.0. The summed E-state index contributed by atoms with van der Waals surface area (Å²) in [5, 5.41) is 19.2. The second-order valence-electron chi connectivity index (χ2n) is 5.61. The monoisotopic (exact) mass is 414 g/mol. The number of halogens is 1. The number of anilines is 1. The summed E-state index contributed by atoms with van der Waals surface area (Å²) in [7, 11) is -2.82. The summed E-state index contributed by atoms with van der Waals surface area (Å²) in [4.78, 5) is 11.4. The van der Waals surface area contributed by atoms with E-state index in [0.717, 1.165) is 0 Å². The molecular weight excluding hydrogens is 396 g/mol. The first-order valence-electron chi connectivity index (χ1n) is 7.74. The molecule has 2 aromatic carbocycles. The second-order valence-corrected chi connectivity index (χ2v) is 7.93. The topological polar surface area (TPSA) is 130 Å². The number of methoxy groups -OCH3 is 1. The Morgan fingerprint density at radius 1 is 1.26 bits per heavy atom. The average molecular weight is 415 g/mol. The SMILES string of the molecule is COc1ccc(S(=O)(=O)N(Cc2ccc(Cl)cc2N)C(CO)C(=O)O)cc1. The van der Waals surface area contributed by atoms with E-state index in [1.165, 1.54) is 49.6 Å². The Morgan fingerprint density at radius 3 is 2.37 bits per heavy atom. The van der Waals surface area contributed by atoms with E-state index < -0.39 is 28.6 Å². The largest absolute Gasteiger partial charge is 0.497 e. The number of carboxylic acid groups (broad SMARTS) is 1. The van der Waals surface area contributed by atoms with E-state index in [-0.39, 0.29) is 17.1 Å². The van der Waals surface area contributed by atoms with Crippen molar-refractivity contribution in [2.24, 2.45) is 0 Å². The molecule has 1 atom stereocenters. The van der Waals surface area contributed by atoms with Crippen LogP contribution in [0.2, 0.25) is 5.02 Å². The minimum Gasteiger partial charge on any atom is -0.497 e. The van der Waals surface area contributed by atoms with Crippen LogP contribution in [0.15, 0.2) is 47.4 Å². The molecule has 0 aliphatic heterocycles. The van der Waals surface area contributed by atoms with Gasteiger partial charge in [0.15, 0.2) is 0 Å². The van der Waals surface area contributed by atoms with Crippen molar-refractivity contribution in [1.29, 1.82) is 0 Å². The minimum absolute atomic E-state index is 0.143. The summed E-state index contributed by atoms with van der Waals surface area (Å²) in [5.74, 6) is -1.04. The maximum atomic E-state index is 13.1. The highest BCUT2D eigenvalue weighted by Crippen LogP contribution is 2.26. The molecule has 0 radical (unpaired) electrons. The lowest BCUT2D eigenvalue weighted by atomic mass is 10.1. The van der Waals surface area contributed by atoms with Crippen LogP contribution in [0.5, 0.6) is 5.75 Å². The van der Waals surface area contributed by atoms with E-state index in [1.54, 1.807) is 0 Å². The normalized spacial score (nSPS) is 12.7. The lowest BCUT2D eigenvalue weighted by Gasteiger charge is -2.27. The molecule has 0 aliphatic carbocycles. The molecule has 8 nitrogen and oxygen atoms in total. The first-order chi connectivity index (χ1) is 12.7. The van der Waals surface area contributed by atoms with Gasteiger partial charge in [0, 0.05) is 17.3 Å². The molecule has 0 fully saturated rings. The van der Waals surface area contributed by atoms with Crippen LogP contribution in [0.1, 0.15) is 5.56 Å². The van der Waals surface area contributed by atoms with Gasteiger partial charge in [-0.05, 0) is 42.0 Å². The molecule has 10 heteroatoms. The number of hydrogen-bond donors (Lipinski definition) is 3. The summed E-state index contributed by atoms with van der Waals surface area (Å²) in [6, 6.07) is 8.24. The molecule has 2 aromatic rings. The molecule has 0 aromatic heterocycles. The number of nitrogens with zero attached hydrogens (tertiary/aromatic N) is 1. The number of benzene rings is 2. The van der Waals surface area contributed by atoms with Gasteiger partial charge in [0.05, 0.1) is 18.6 Å². The van der Waals surface area contributed by atoms with Gasteiger partial charge in [0.2, 0.25) is 10.0 Å². The van der Waals surface area contributed by atoms with Crippen molar-refractivity contribution in [2.45, 2.75) is 17.5 Å². The third-order valence-corrected chi connectivity index (χ3v) is 6.01. The highest BCUT2D eigenvalue weighted by Gasteiger charge is 2.36. The number of ether oxygens (including phenoxy) is 1. The van der Waals surface area contributed by atoms with E-state index in [4.69, 9.17) is 22.1 Å². The van der Waals surface area contributed by atoms with Gasteiger partial charge in [0.25, 0.3) is 0 Å². The van der Waals surface area contributed by atoms with Crippen LogP contribution in [0.25, 0.3) is 0 Å². The first-order valence-corrected chi connectivity index (χ1v) is 9.56. The number of aliphatic hydroxyl groups is 1. The molecule has 1 unspecified atom stereocenters. The number of carboxylic acids is 1. The lowest BCUT2D eigenvalue weighted by molar-refractivity contribution is -0.142. The quantitative estimate of drug-likeness (QED) is 0.559. The number of carbonyl (C=O) groups is 1. The van der Waals surface area contributed by atoms with E-state index in [1.807, 2.05) is 0 Å². The predicted molar refractivity (Wildman–Crippen MR) is 100 cm³/mol. The molecule has 0 bridgehead atoms. The zero-order chi connectivity index (χ0) is 20.2. The minimum atomic E-state index is -4.26. The zero-order valence-electron chi connectivity index (χ0n) is 14.4. The highest BCUT2D eigenvalue weighted by molar-refractivity contribution is 7.89. The summed E-state index contributed by atoms with van der Waals surface area (Å²) in [6.45, 7) is -1.26. The van der Waals surface area contributed by atoms with Crippen LogP contribution in [-0.4, -0.2) is 48.7 Å². The Bertz CT molecular complexity index is 918. The van der Waals surface area contributed by atoms with Crippen molar-refractivity contribution in [3.05, 3.63) is 53.1 Å². The molecule has 27 heavy (non-hydrogen) atoms. The van der Waals surface area contributed by atoms with E-state index in [2.05, 4.69) is 0 Å². The Kier molecular flexibility index (Phi) is 6.66. The average Bonchev–Trinajstić information content (AvgIpc) is 2.63. The van der Waals surface area contributed by atoms with Gasteiger partial charge in [-0.25, -0.2) is 8.42 Å². The summed E-state index contributed by atoms with van der Waals surface area (Å²) in [6.07, 6.45) is 0. The number of aliphatic carboxylic acids is 1. The van der Waals surface area contributed by atoms with Crippen molar-refractivity contribution in [2.75, 3.05) is 19.5 Å². The van der Waals surface area contributed by atoms with Crippen LogP contribution >= 0.6 is 11.6 Å². The third kappa shape index (κ3) is 4.69. The van der Waals surface area contributed by atoms with Crippen molar-refractivity contribution < 1.29 is 28.2 Å². The lowest BCUT2D eigenvalue weighted by Crippen LogP contribution is -2.46. The number of rotatable bonds is 8. The molecule has 4 N–H and O–H groups in total. The van der Waals surface area contributed by atoms with Crippen LogP contribution in [-0.2, 0) is 21.4 Å². The second kappa shape index (κ2) is 8.57. The van der Waals surface area contributed by atoms with Gasteiger partial charge >= 0.3 is 5.97 Å². The molecule has 0 saturated carbocycles. The van der Waals surface area contributed by atoms with E-state index in [0.29, 0.717) is 20.6 Å². The number of sulfonamides is 1. The zero-order valence-corrected chi connectivity index (χ0v) is 15.9. The summed E-state index contributed by atoms with van der Waals surface area (Å²) < 4.78 is 31.8. The van der Waals surface area contributed by atoms with Gasteiger partial charge in [-0.3, -0.25) is 4.79 Å². The molecular formula is C17H19ClN2O6S. The third-order valence-electron chi connectivity index (χ3n) is 3.91. The van der Waals surface area contributed by atoms with Crippen molar-refractivity contribution >= 4 is 33.3 Å². The van der Waals surface area contributed by atoms with Crippen LogP contribution < -0.4 is 10.5 Å². The van der Waals surface area contributed by atoms with Gasteiger partial charge in [0.1, 0.15) is 11.8 Å². The fourth-order valence-electron chi connectivity index (χ4n) is 2.42. The Morgan fingerprint density at radius 2 is 1.89 bits per heavy atom. The van der Waals surface area contributed by atoms with E-state index >= 15 is 0 Å². The molecule has 2 rings (SSSR count). The van der Waals surface area contributed by atoms with Crippen LogP contribution in [0.3, 0.4) is 0 Å². The fourth-order valence-corrected chi connectivity index (χ4v) is 4.15. The molecule has 0 aliphatic rings. The standard InChI is InChI=1S/C17H19ClN2O6S/c1-26-13-4-6-14(7-5-13)27(24,25)20(16(10-21)17(22)23)9-11-2-3-12(18)8-15(11)19/h2-8,16,21H,9-10,19H2,1H3,(H,22,23). The molecule has 0 heterocycles. The fraction of sp³-hybridized carbons (Fsp3) is 0.235. The summed E-state index contributed by atoms with van der Waals surface area (Å²) >= 11 is 5.85. The Labute approximate surface area is 161 Å². The van der Waals surface area contributed by atoms with Gasteiger partial charge < -0.3 is 20.7 Å². The Hall–Kier alpha value is -2.33. The smallest absolute Gasteiger partial charge is 0.324 e.